The molecule has 2 atom stereocenters. The fourth-order valence-corrected chi connectivity index (χ4v) is 1.66. The minimum atomic E-state index is -4.52. The summed E-state index contributed by atoms with van der Waals surface area (Å²) in [6.07, 6.45) is -4.60. The van der Waals surface area contributed by atoms with Crippen molar-refractivity contribution in [3.63, 3.8) is 0 Å². The summed E-state index contributed by atoms with van der Waals surface area (Å²) >= 11 is 0. The molecule has 0 spiro atoms. The highest BCUT2D eigenvalue weighted by Crippen LogP contribution is 2.39. The number of oxime groups is 1. The number of ether oxygens (including phenoxy) is 2. The molecule has 0 saturated heterocycles. The standard InChI is InChI=1S/C17H24F3NO3/c1-6-12(4)23-16-8-7-14(9-15(16)17(18,19)20)22-10-13(5)24-21-11(2)3/h7-9,12-13H,6,10H2,1-5H3. The van der Waals surface area contributed by atoms with E-state index < -0.39 is 11.7 Å². The highest BCUT2D eigenvalue weighted by atomic mass is 19.4. The highest BCUT2D eigenvalue weighted by molar-refractivity contribution is 5.78. The smallest absolute Gasteiger partial charge is 0.420 e. The summed E-state index contributed by atoms with van der Waals surface area (Å²) in [5.41, 5.74) is -0.107. The number of halogens is 3. The number of benzene rings is 1. The van der Waals surface area contributed by atoms with Crippen LogP contribution in [0.5, 0.6) is 11.5 Å². The predicted molar refractivity (Wildman–Crippen MR) is 86.7 cm³/mol. The minimum Gasteiger partial charge on any atom is -0.490 e. The van der Waals surface area contributed by atoms with E-state index in [1.165, 1.54) is 12.1 Å². The Morgan fingerprint density at radius 2 is 1.83 bits per heavy atom. The number of hydrogen-bond donors (Lipinski definition) is 0. The minimum absolute atomic E-state index is 0.0830. The zero-order chi connectivity index (χ0) is 18.3. The first-order chi connectivity index (χ1) is 11.1. The van der Waals surface area contributed by atoms with E-state index in [0.717, 1.165) is 11.8 Å². The molecule has 2 unspecified atom stereocenters. The maximum Gasteiger partial charge on any atom is 0.420 e. The van der Waals surface area contributed by atoms with Gasteiger partial charge in [0.05, 0.1) is 11.8 Å². The predicted octanol–water partition coefficient (Wildman–Crippen LogP) is 5.06. The molecule has 0 aliphatic rings. The first kappa shape index (κ1) is 20.1. The van der Waals surface area contributed by atoms with Crippen molar-refractivity contribution in [2.45, 2.75) is 59.4 Å². The van der Waals surface area contributed by atoms with Crippen LogP contribution in [0.1, 0.15) is 46.6 Å². The van der Waals surface area contributed by atoms with Crippen LogP contribution in [0.4, 0.5) is 13.2 Å². The Morgan fingerprint density at radius 3 is 2.38 bits per heavy atom. The Balaban J connectivity index is 2.85. The fourth-order valence-electron chi connectivity index (χ4n) is 1.66. The molecule has 136 valence electrons. The molecule has 0 saturated carbocycles. The van der Waals surface area contributed by atoms with Crippen molar-refractivity contribution in [3.05, 3.63) is 23.8 Å². The van der Waals surface area contributed by atoms with E-state index in [9.17, 15) is 13.2 Å². The van der Waals surface area contributed by atoms with E-state index in [4.69, 9.17) is 14.3 Å². The van der Waals surface area contributed by atoms with Gasteiger partial charge in [0.15, 0.2) is 6.10 Å². The van der Waals surface area contributed by atoms with Crippen LogP contribution in [0.15, 0.2) is 23.4 Å². The Morgan fingerprint density at radius 1 is 1.17 bits per heavy atom. The Bertz CT molecular complexity index is 555. The van der Waals surface area contributed by atoms with Gasteiger partial charge in [0, 0.05) is 0 Å². The SMILES string of the molecule is CCC(C)Oc1ccc(OCC(C)ON=C(C)C)cc1C(F)(F)F. The maximum atomic E-state index is 13.2. The number of nitrogens with zero attached hydrogens (tertiary/aromatic N) is 1. The van der Waals surface area contributed by atoms with Crippen LogP contribution in [0.3, 0.4) is 0 Å². The maximum absolute atomic E-state index is 13.2. The van der Waals surface area contributed by atoms with Crippen LogP contribution in [0.2, 0.25) is 0 Å². The van der Waals surface area contributed by atoms with Crippen molar-refractivity contribution in [2.24, 2.45) is 5.16 Å². The van der Waals surface area contributed by atoms with Gasteiger partial charge < -0.3 is 14.3 Å². The van der Waals surface area contributed by atoms with E-state index in [0.29, 0.717) is 6.42 Å². The molecule has 1 rings (SSSR count). The first-order valence-electron chi connectivity index (χ1n) is 7.81. The Hall–Kier alpha value is -1.92. The molecule has 24 heavy (non-hydrogen) atoms. The lowest BCUT2D eigenvalue weighted by atomic mass is 10.1. The van der Waals surface area contributed by atoms with Gasteiger partial charge in [-0.3, -0.25) is 0 Å². The molecule has 0 radical (unpaired) electrons. The van der Waals surface area contributed by atoms with E-state index in [-0.39, 0.29) is 30.3 Å². The van der Waals surface area contributed by atoms with Crippen LogP contribution < -0.4 is 9.47 Å². The highest BCUT2D eigenvalue weighted by Gasteiger charge is 2.35. The number of rotatable bonds is 8. The van der Waals surface area contributed by atoms with Gasteiger partial charge in [0.25, 0.3) is 0 Å². The molecule has 0 bridgehead atoms. The zero-order valence-electron chi connectivity index (χ0n) is 14.6. The van der Waals surface area contributed by atoms with Crippen molar-refractivity contribution < 1.29 is 27.5 Å². The van der Waals surface area contributed by atoms with Gasteiger partial charge in [0.1, 0.15) is 23.7 Å². The van der Waals surface area contributed by atoms with Crippen LogP contribution in [-0.4, -0.2) is 24.5 Å². The molecule has 0 fully saturated rings. The molecular weight excluding hydrogens is 323 g/mol. The lowest BCUT2D eigenvalue weighted by molar-refractivity contribution is -0.139. The van der Waals surface area contributed by atoms with Gasteiger partial charge in [-0.15, -0.1) is 0 Å². The summed E-state index contributed by atoms with van der Waals surface area (Å²) in [5, 5.41) is 3.79. The fraction of sp³-hybridized carbons (Fsp3) is 0.588. The van der Waals surface area contributed by atoms with Gasteiger partial charge in [-0.25, -0.2) is 0 Å². The van der Waals surface area contributed by atoms with Gasteiger partial charge in [0.2, 0.25) is 0 Å². The monoisotopic (exact) mass is 347 g/mol. The van der Waals surface area contributed by atoms with Crippen LogP contribution in [-0.2, 0) is 11.0 Å². The molecular formula is C17H24F3NO3. The average Bonchev–Trinajstić information content (AvgIpc) is 2.50. The third kappa shape index (κ3) is 6.68. The van der Waals surface area contributed by atoms with Crippen molar-refractivity contribution in [1.29, 1.82) is 0 Å². The molecule has 7 heteroatoms. The zero-order valence-corrected chi connectivity index (χ0v) is 14.6. The Kier molecular flexibility index (Phi) is 7.38. The molecule has 0 amide bonds. The largest absolute Gasteiger partial charge is 0.490 e. The number of hydrogen-bond acceptors (Lipinski definition) is 4. The number of alkyl halides is 3. The normalized spacial score (nSPS) is 13.8. The van der Waals surface area contributed by atoms with Crippen LogP contribution in [0, 0.1) is 0 Å². The summed E-state index contributed by atoms with van der Waals surface area (Å²) in [4.78, 5) is 5.13. The van der Waals surface area contributed by atoms with Gasteiger partial charge in [-0.1, -0.05) is 12.1 Å². The third-order valence-electron chi connectivity index (χ3n) is 3.06. The van der Waals surface area contributed by atoms with E-state index in [2.05, 4.69) is 5.16 Å². The second kappa shape index (κ2) is 8.80. The van der Waals surface area contributed by atoms with Crippen molar-refractivity contribution in [3.8, 4) is 11.5 Å². The van der Waals surface area contributed by atoms with Crippen LogP contribution >= 0.6 is 0 Å². The lowest BCUT2D eigenvalue weighted by Gasteiger charge is -2.19. The molecule has 0 aromatic heterocycles. The second-order valence-corrected chi connectivity index (χ2v) is 5.76. The molecule has 4 nitrogen and oxygen atoms in total. The molecule has 0 aliphatic heterocycles. The topological polar surface area (TPSA) is 40.0 Å². The van der Waals surface area contributed by atoms with Crippen molar-refractivity contribution in [1.82, 2.24) is 0 Å². The van der Waals surface area contributed by atoms with E-state index in [1.807, 2.05) is 6.92 Å². The summed E-state index contributed by atoms with van der Waals surface area (Å²) in [5.74, 6) is -0.0915. The average molecular weight is 347 g/mol. The third-order valence-corrected chi connectivity index (χ3v) is 3.06. The summed E-state index contributed by atoms with van der Waals surface area (Å²) in [7, 11) is 0. The molecule has 1 aromatic rings. The summed E-state index contributed by atoms with van der Waals surface area (Å²) < 4.78 is 50.4. The quantitative estimate of drug-likeness (QED) is 0.487. The van der Waals surface area contributed by atoms with Crippen molar-refractivity contribution in [2.75, 3.05) is 6.61 Å². The van der Waals surface area contributed by atoms with Crippen LogP contribution in [0.25, 0.3) is 0 Å². The second-order valence-electron chi connectivity index (χ2n) is 5.76. The molecule has 0 heterocycles. The van der Waals surface area contributed by atoms with E-state index in [1.54, 1.807) is 27.7 Å². The van der Waals surface area contributed by atoms with Gasteiger partial charge >= 0.3 is 6.18 Å². The molecule has 0 N–H and O–H groups in total. The van der Waals surface area contributed by atoms with Gasteiger partial charge in [-0.2, -0.15) is 13.2 Å². The van der Waals surface area contributed by atoms with Crippen molar-refractivity contribution >= 4 is 5.71 Å². The Labute approximate surface area is 140 Å². The molecule has 0 aliphatic carbocycles. The first-order valence-corrected chi connectivity index (χ1v) is 7.81. The summed E-state index contributed by atoms with van der Waals surface area (Å²) in [6.45, 7) is 8.92. The van der Waals surface area contributed by atoms with Gasteiger partial charge in [-0.05, 0) is 52.3 Å². The molecule has 1 aromatic carbocycles. The lowest BCUT2D eigenvalue weighted by Crippen LogP contribution is -2.17. The van der Waals surface area contributed by atoms with E-state index >= 15 is 0 Å². The summed E-state index contributed by atoms with van der Waals surface area (Å²) in [6, 6.07) is 3.68.